The van der Waals surface area contributed by atoms with Crippen LogP contribution in [-0.4, -0.2) is 30.4 Å². The number of ether oxygens (including phenoxy) is 1. The van der Waals surface area contributed by atoms with Crippen LogP contribution in [0.4, 0.5) is 10.5 Å². The molecule has 0 unspecified atom stereocenters. The number of aliphatic hydroxyl groups excluding tert-OH is 1. The number of anilines is 1. The minimum absolute atomic E-state index is 0.115. The third-order valence-corrected chi connectivity index (χ3v) is 2.97. The summed E-state index contributed by atoms with van der Waals surface area (Å²) in [5.74, 6) is 3.02. The molecule has 1 rings (SSSR count). The second kappa shape index (κ2) is 7.55. The molecule has 0 aliphatic rings. The van der Waals surface area contributed by atoms with Gasteiger partial charge in [0.1, 0.15) is 12.4 Å². The van der Waals surface area contributed by atoms with Crippen molar-refractivity contribution in [3.63, 3.8) is 0 Å². The fourth-order valence-corrected chi connectivity index (χ4v) is 1.62. The fourth-order valence-electron chi connectivity index (χ4n) is 1.62. The van der Waals surface area contributed by atoms with E-state index in [0.29, 0.717) is 11.4 Å². The van der Waals surface area contributed by atoms with Crippen LogP contribution in [0.3, 0.4) is 0 Å². The fraction of sp³-hybridized carbons (Fsp3) is 0.438. The molecule has 0 saturated heterocycles. The Kier molecular flexibility index (Phi) is 6.07. The Morgan fingerprint density at radius 1 is 1.38 bits per heavy atom. The number of carbonyl (C=O) groups is 1. The first-order valence-electron chi connectivity index (χ1n) is 6.71. The Bertz CT molecular complexity index is 498. The van der Waals surface area contributed by atoms with Gasteiger partial charge in [0.25, 0.3) is 0 Å². The number of rotatable bonds is 5. The third kappa shape index (κ3) is 5.76. The van der Waals surface area contributed by atoms with Crippen LogP contribution in [0.1, 0.15) is 20.8 Å². The normalized spacial score (nSPS) is 12.1. The van der Waals surface area contributed by atoms with Crippen LogP contribution in [0.2, 0.25) is 0 Å². The van der Waals surface area contributed by atoms with Gasteiger partial charge in [0.15, 0.2) is 0 Å². The molecule has 0 radical (unpaired) electrons. The molecule has 0 aliphatic carbocycles. The van der Waals surface area contributed by atoms with Gasteiger partial charge in [-0.3, -0.25) is 0 Å². The van der Waals surface area contributed by atoms with Crippen LogP contribution in [-0.2, 0) is 0 Å². The lowest BCUT2D eigenvalue weighted by atomic mass is 9.87. The summed E-state index contributed by atoms with van der Waals surface area (Å²) in [7, 11) is 0. The molecule has 114 valence electrons. The third-order valence-electron chi connectivity index (χ3n) is 2.97. The topological polar surface area (TPSA) is 70.6 Å². The van der Waals surface area contributed by atoms with Crippen molar-refractivity contribution >= 4 is 11.7 Å². The highest BCUT2D eigenvalue weighted by Gasteiger charge is 2.25. The second-order valence-electron chi connectivity index (χ2n) is 5.72. The van der Waals surface area contributed by atoms with Gasteiger partial charge in [-0.15, -0.1) is 6.42 Å². The summed E-state index contributed by atoms with van der Waals surface area (Å²) < 4.78 is 5.24. The zero-order chi connectivity index (χ0) is 15.9. The molecule has 1 atom stereocenters. The number of amides is 2. The second-order valence-corrected chi connectivity index (χ2v) is 5.72. The minimum Gasteiger partial charge on any atom is -0.481 e. The molecule has 0 saturated carbocycles. The Labute approximate surface area is 125 Å². The van der Waals surface area contributed by atoms with Crippen LogP contribution in [0.15, 0.2) is 24.3 Å². The molecule has 1 aromatic rings. The summed E-state index contributed by atoms with van der Waals surface area (Å²) in [4.78, 5) is 11.9. The maximum Gasteiger partial charge on any atom is 0.319 e. The molecule has 0 heterocycles. The number of aliphatic hydroxyl groups is 1. The number of terminal acetylenes is 1. The lowest BCUT2D eigenvalue weighted by Crippen LogP contribution is -2.47. The summed E-state index contributed by atoms with van der Waals surface area (Å²) in [5.41, 5.74) is 0.407. The van der Waals surface area contributed by atoms with Crippen molar-refractivity contribution in [3.05, 3.63) is 24.3 Å². The first kappa shape index (κ1) is 16.9. The van der Waals surface area contributed by atoms with E-state index in [0.717, 1.165) is 0 Å². The van der Waals surface area contributed by atoms with Gasteiger partial charge in [0, 0.05) is 5.69 Å². The number of hydrogen-bond donors (Lipinski definition) is 3. The van der Waals surface area contributed by atoms with Gasteiger partial charge in [-0.1, -0.05) is 26.7 Å². The molecule has 1 aromatic carbocycles. The van der Waals surface area contributed by atoms with Gasteiger partial charge < -0.3 is 20.5 Å². The monoisotopic (exact) mass is 290 g/mol. The zero-order valence-corrected chi connectivity index (χ0v) is 12.6. The molecule has 0 spiro atoms. The van der Waals surface area contributed by atoms with Crippen molar-refractivity contribution in [1.29, 1.82) is 0 Å². The van der Waals surface area contributed by atoms with Gasteiger partial charge in [-0.05, 0) is 29.7 Å². The van der Waals surface area contributed by atoms with Crippen molar-refractivity contribution in [1.82, 2.24) is 5.32 Å². The van der Waals surface area contributed by atoms with Crippen LogP contribution >= 0.6 is 0 Å². The number of hydrogen-bond acceptors (Lipinski definition) is 3. The number of benzene rings is 1. The molecular formula is C16H22N2O3. The molecule has 0 fully saturated rings. The van der Waals surface area contributed by atoms with Gasteiger partial charge >= 0.3 is 6.03 Å². The Morgan fingerprint density at radius 3 is 2.48 bits per heavy atom. The van der Waals surface area contributed by atoms with Crippen LogP contribution < -0.4 is 15.4 Å². The maximum absolute atomic E-state index is 11.9. The van der Waals surface area contributed by atoms with E-state index in [1.165, 1.54) is 0 Å². The average Bonchev–Trinajstić information content (AvgIpc) is 2.42. The van der Waals surface area contributed by atoms with E-state index >= 15 is 0 Å². The summed E-state index contributed by atoms with van der Waals surface area (Å²) in [5, 5.41) is 14.8. The number of urea groups is 1. The SMILES string of the molecule is C#CCOc1ccc(NC(=O)N[C@H](CO)C(C)(C)C)cc1. The maximum atomic E-state index is 11.9. The van der Waals surface area contributed by atoms with E-state index < -0.39 is 0 Å². The summed E-state index contributed by atoms with van der Waals surface area (Å²) >= 11 is 0. The predicted octanol–water partition coefficient (Wildman–Crippen LogP) is 2.23. The zero-order valence-electron chi connectivity index (χ0n) is 12.6. The van der Waals surface area contributed by atoms with E-state index in [4.69, 9.17) is 11.2 Å². The van der Waals surface area contributed by atoms with E-state index in [9.17, 15) is 9.90 Å². The van der Waals surface area contributed by atoms with Gasteiger partial charge in [-0.25, -0.2) is 4.79 Å². The molecule has 5 heteroatoms. The Morgan fingerprint density at radius 2 is 2.00 bits per heavy atom. The first-order valence-corrected chi connectivity index (χ1v) is 6.71. The van der Waals surface area contributed by atoms with Crippen molar-refractivity contribution in [2.45, 2.75) is 26.8 Å². The molecule has 0 aliphatic heterocycles. The highest BCUT2D eigenvalue weighted by atomic mass is 16.5. The number of carbonyl (C=O) groups excluding carboxylic acids is 1. The molecule has 3 N–H and O–H groups in total. The van der Waals surface area contributed by atoms with Crippen molar-refractivity contribution < 1.29 is 14.6 Å². The highest BCUT2D eigenvalue weighted by molar-refractivity contribution is 5.89. The van der Waals surface area contributed by atoms with Crippen molar-refractivity contribution in [2.75, 3.05) is 18.5 Å². The molecule has 0 bridgehead atoms. The van der Waals surface area contributed by atoms with E-state index in [-0.39, 0.29) is 30.7 Å². The molecule has 5 nitrogen and oxygen atoms in total. The number of nitrogens with one attached hydrogen (secondary N) is 2. The standard InChI is InChI=1S/C16H22N2O3/c1-5-10-21-13-8-6-12(7-9-13)17-15(20)18-14(11-19)16(2,3)4/h1,6-9,14,19H,10-11H2,2-4H3,(H2,17,18,20)/t14-/m1/s1. The summed E-state index contributed by atoms with van der Waals surface area (Å²) in [6.07, 6.45) is 5.11. The lowest BCUT2D eigenvalue weighted by molar-refractivity contribution is 0.162. The quantitative estimate of drug-likeness (QED) is 0.728. The Hall–Kier alpha value is -2.19. The minimum atomic E-state index is -0.360. The molecular weight excluding hydrogens is 268 g/mol. The predicted molar refractivity (Wildman–Crippen MR) is 83.3 cm³/mol. The molecule has 21 heavy (non-hydrogen) atoms. The molecule has 0 aromatic heterocycles. The summed E-state index contributed by atoms with van der Waals surface area (Å²) in [6, 6.07) is 6.20. The van der Waals surface area contributed by atoms with E-state index in [1.807, 2.05) is 20.8 Å². The van der Waals surface area contributed by atoms with Crippen LogP contribution in [0, 0.1) is 17.8 Å². The van der Waals surface area contributed by atoms with E-state index in [1.54, 1.807) is 24.3 Å². The van der Waals surface area contributed by atoms with E-state index in [2.05, 4.69) is 16.6 Å². The highest BCUT2D eigenvalue weighted by Crippen LogP contribution is 2.19. The lowest BCUT2D eigenvalue weighted by Gasteiger charge is -2.29. The van der Waals surface area contributed by atoms with Gasteiger partial charge in [0.05, 0.1) is 12.6 Å². The molecule has 2 amide bonds. The summed E-state index contributed by atoms with van der Waals surface area (Å²) in [6.45, 7) is 5.94. The Balaban J connectivity index is 2.57. The van der Waals surface area contributed by atoms with Crippen LogP contribution in [0.25, 0.3) is 0 Å². The van der Waals surface area contributed by atoms with Crippen LogP contribution in [0.5, 0.6) is 5.75 Å². The largest absolute Gasteiger partial charge is 0.481 e. The van der Waals surface area contributed by atoms with Gasteiger partial charge in [-0.2, -0.15) is 0 Å². The average molecular weight is 290 g/mol. The van der Waals surface area contributed by atoms with Crippen molar-refractivity contribution in [2.24, 2.45) is 5.41 Å². The van der Waals surface area contributed by atoms with Gasteiger partial charge in [0.2, 0.25) is 0 Å². The smallest absolute Gasteiger partial charge is 0.319 e. The first-order chi connectivity index (χ1) is 9.86. The van der Waals surface area contributed by atoms with Crippen molar-refractivity contribution in [3.8, 4) is 18.1 Å².